The number of halogens is 2. The number of hydrogen-bond acceptors (Lipinski definition) is 6. The number of ether oxygens (including phenoxy) is 1. The predicted molar refractivity (Wildman–Crippen MR) is 153 cm³/mol. The van der Waals surface area contributed by atoms with Crippen LogP contribution in [0, 0.1) is 5.92 Å². The number of benzene rings is 2. The molecule has 6 rings (SSSR count). The van der Waals surface area contributed by atoms with Crippen LogP contribution in [0.15, 0.2) is 60.7 Å². The molecule has 2 aromatic carbocycles. The fourth-order valence-corrected chi connectivity index (χ4v) is 5.79. The van der Waals surface area contributed by atoms with Crippen LogP contribution in [-0.4, -0.2) is 69.7 Å². The van der Waals surface area contributed by atoms with E-state index in [1.165, 1.54) is 4.57 Å². The Morgan fingerprint density at radius 2 is 1.71 bits per heavy atom. The lowest BCUT2D eigenvalue weighted by atomic mass is 9.95. The standard InChI is InChI=1S/C31H34F2N6O2/c1-21(11-12-22-13-14-38(20-22)31(40)23-7-3-2-4-8-23)29-35-26(37-15-17-41-18-16-37)19-27(36-29)39-25-10-6-5-9-24(25)34-30(39)28(32)33/h2-10,19,21-22,28H,11-18,20H2,1H3/t21?,22-/m0/s1. The fraction of sp³-hybridized carbons (Fsp3) is 0.419. The second kappa shape index (κ2) is 11.9. The molecule has 8 nitrogen and oxygen atoms in total. The smallest absolute Gasteiger partial charge is 0.296 e. The number of alkyl halides is 2. The second-order valence-corrected chi connectivity index (χ2v) is 10.9. The highest BCUT2D eigenvalue weighted by Crippen LogP contribution is 2.32. The van der Waals surface area contributed by atoms with Crippen LogP contribution < -0.4 is 4.90 Å². The molecule has 4 heterocycles. The Morgan fingerprint density at radius 3 is 2.49 bits per heavy atom. The molecule has 10 heteroatoms. The zero-order chi connectivity index (χ0) is 28.3. The third kappa shape index (κ3) is 5.79. The van der Waals surface area contributed by atoms with E-state index in [4.69, 9.17) is 14.7 Å². The minimum absolute atomic E-state index is 0.00148. The number of para-hydroxylation sites is 2. The average Bonchev–Trinajstić information content (AvgIpc) is 3.65. The molecule has 41 heavy (non-hydrogen) atoms. The lowest BCUT2D eigenvalue weighted by Gasteiger charge is -2.29. The fourth-order valence-electron chi connectivity index (χ4n) is 5.79. The summed E-state index contributed by atoms with van der Waals surface area (Å²) in [6, 6.07) is 18.3. The maximum atomic E-state index is 14.2. The van der Waals surface area contributed by atoms with E-state index in [9.17, 15) is 13.6 Å². The highest BCUT2D eigenvalue weighted by molar-refractivity contribution is 5.94. The number of hydrogen-bond donors (Lipinski definition) is 0. The number of amides is 1. The lowest BCUT2D eigenvalue weighted by Crippen LogP contribution is -2.37. The first-order chi connectivity index (χ1) is 20.0. The summed E-state index contributed by atoms with van der Waals surface area (Å²) >= 11 is 0. The van der Waals surface area contributed by atoms with E-state index in [0.717, 1.165) is 37.9 Å². The van der Waals surface area contributed by atoms with Crippen molar-refractivity contribution in [3.8, 4) is 5.82 Å². The van der Waals surface area contributed by atoms with Gasteiger partial charge in [-0.1, -0.05) is 37.3 Å². The van der Waals surface area contributed by atoms with E-state index in [1.807, 2.05) is 41.3 Å². The van der Waals surface area contributed by atoms with E-state index in [0.29, 0.717) is 60.7 Å². The number of nitrogens with zero attached hydrogens (tertiary/aromatic N) is 6. The average molecular weight is 561 g/mol. The molecule has 0 bridgehead atoms. The quantitative estimate of drug-likeness (QED) is 0.278. The van der Waals surface area contributed by atoms with E-state index in [-0.39, 0.29) is 17.6 Å². The van der Waals surface area contributed by atoms with E-state index >= 15 is 0 Å². The molecule has 0 spiro atoms. The maximum absolute atomic E-state index is 14.2. The van der Waals surface area contributed by atoms with Gasteiger partial charge >= 0.3 is 0 Å². The molecule has 1 amide bonds. The van der Waals surface area contributed by atoms with Gasteiger partial charge < -0.3 is 14.5 Å². The molecule has 2 aliphatic rings. The van der Waals surface area contributed by atoms with Gasteiger partial charge in [-0.25, -0.2) is 23.7 Å². The first kappa shape index (κ1) is 27.3. The van der Waals surface area contributed by atoms with Gasteiger partial charge in [0.15, 0.2) is 5.82 Å². The number of morpholine rings is 1. The van der Waals surface area contributed by atoms with Crippen LogP contribution in [0.5, 0.6) is 0 Å². The van der Waals surface area contributed by atoms with Crippen molar-refractivity contribution in [2.75, 3.05) is 44.3 Å². The van der Waals surface area contributed by atoms with Crippen LogP contribution in [0.4, 0.5) is 14.6 Å². The van der Waals surface area contributed by atoms with Crippen molar-refractivity contribution in [1.82, 2.24) is 24.4 Å². The molecule has 2 saturated heterocycles. The van der Waals surface area contributed by atoms with Gasteiger partial charge in [0.25, 0.3) is 12.3 Å². The van der Waals surface area contributed by atoms with Crippen LogP contribution in [0.3, 0.4) is 0 Å². The Bertz CT molecular complexity index is 1510. The van der Waals surface area contributed by atoms with E-state index in [2.05, 4.69) is 16.8 Å². The van der Waals surface area contributed by atoms with Crippen molar-refractivity contribution in [3.05, 3.63) is 77.9 Å². The Hall–Kier alpha value is -3.92. The maximum Gasteiger partial charge on any atom is 0.296 e. The Labute approximate surface area is 238 Å². The number of anilines is 1. The molecule has 4 aromatic rings. The van der Waals surface area contributed by atoms with Crippen LogP contribution in [0.2, 0.25) is 0 Å². The number of fused-ring (bicyclic) bond motifs is 1. The number of rotatable bonds is 8. The van der Waals surface area contributed by atoms with Crippen molar-refractivity contribution in [3.63, 3.8) is 0 Å². The van der Waals surface area contributed by atoms with Gasteiger partial charge in [0.1, 0.15) is 17.5 Å². The molecule has 2 atom stereocenters. The van der Waals surface area contributed by atoms with Crippen molar-refractivity contribution in [2.45, 2.75) is 38.5 Å². The number of imidazole rings is 1. The van der Waals surface area contributed by atoms with Crippen LogP contribution in [0.1, 0.15) is 60.5 Å². The molecule has 2 aliphatic heterocycles. The highest BCUT2D eigenvalue weighted by Gasteiger charge is 2.28. The van der Waals surface area contributed by atoms with Crippen molar-refractivity contribution >= 4 is 22.8 Å². The lowest BCUT2D eigenvalue weighted by molar-refractivity contribution is 0.0786. The van der Waals surface area contributed by atoms with Gasteiger partial charge in [-0.3, -0.25) is 9.36 Å². The summed E-state index contributed by atoms with van der Waals surface area (Å²) in [5.74, 6) is 1.87. The first-order valence-corrected chi connectivity index (χ1v) is 14.3. The minimum atomic E-state index is -2.76. The molecule has 0 radical (unpaired) electrons. The summed E-state index contributed by atoms with van der Waals surface area (Å²) in [5.41, 5.74) is 1.81. The molecule has 2 aromatic heterocycles. The molecular formula is C31H34F2N6O2. The van der Waals surface area contributed by atoms with Gasteiger partial charge in [0.05, 0.1) is 24.2 Å². The molecule has 0 N–H and O–H groups in total. The normalized spacial score (nSPS) is 18.4. The third-order valence-electron chi connectivity index (χ3n) is 8.10. The molecule has 0 saturated carbocycles. The highest BCUT2D eigenvalue weighted by atomic mass is 19.3. The molecular weight excluding hydrogens is 526 g/mol. The Balaban J connectivity index is 1.24. The van der Waals surface area contributed by atoms with Crippen LogP contribution in [0.25, 0.3) is 16.9 Å². The van der Waals surface area contributed by atoms with Crippen molar-refractivity contribution < 1.29 is 18.3 Å². The van der Waals surface area contributed by atoms with Gasteiger partial charge in [-0.2, -0.15) is 0 Å². The number of likely N-dealkylation sites (tertiary alicyclic amines) is 1. The predicted octanol–water partition coefficient (Wildman–Crippen LogP) is 5.64. The Kier molecular flexibility index (Phi) is 7.91. The van der Waals surface area contributed by atoms with Gasteiger partial charge in [-0.15, -0.1) is 0 Å². The van der Waals surface area contributed by atoms with E-state index < -0.39 is 6.43 Å². The topological polar surface area (TPSA) is 76.4 Å². The summed E-state index contributed by atoms with van der Waals surface area (Å²) in [7, 11) is 0. The van der Waals surface area contributed by atoms with Gasteiger partial charge in [-0.05, 0) is 49.4 Å². The molecule has 0 aliphatic carbocycles. The zero-order valence-electron chi connectivity index (χ0n) is 23.1. The number of carbonyl (C=O) groups excluding carboxylic acids is 1. The summed E-state index contributed by atoms with van der Waals surface area (Å²) < 4.78 is 35.3. The zero-order valence-corrected chi connectivity index (χ0v) is 23.1. The summed E-state index contributed by atoms with van der Waals surface area (Å²) in [5, 5.41) is 0. The van der Waals surface area contributed by atoms with Gasteiger partial charge in [0, 0.05) is 43.7 Å². The minimum Gasteiger partial charge on any atom is -0.378 e. The molecule has 1 unspecified atom stereocenters. The van der Waals surface area contributed by atoms with Gasteiger partial charge in [0.2, 0.25) is 0 Å². The number of aromatic nitrogens is 4. The van der Waals surface area contributed by atoms with Crippen LogP contribution >= 0.6 is 0 Å². The summed E-state index contributed by atoms with van der Waals surface area (Å²) in [6.45, 7) is 6.09. The first-order valence-electron chi connectivity index (χ1n) is 14.3. The van der Waals surface area contributed by atoms with Crippen molar-refractivity contribution in [2.24, 2.45) is 5.92 Å². The third-order valence-corrected chi connectivity index (χ3v) is 8.10. The Morgan fingerprint density at radius 1 is 0.976 bits per heavy atom. The van der Waals surface area contributed by atoms with Crippen LogP contribution in [-0.2, 0) is 4.74 Å². The number of carbonyl (C=O) groups is 1. The summed E-state index contributed by atoms with van der Waals surface area (Å²) in [6.07, 6.45) is -0.0364. The van der Waals surface area contributed by atoms with Crippen molar-refractivity contribution in [1.29, 1.82) is 0 Å². The monoisotopic (exact) mass is 560 g/mol. The van der Waals surface area contributed by atoms with E-state index in [1.54, 1.807) is 24.3 Å². The molecule has 214 valence electrons. The summed E-state index contributed by atoms with van der Waals surface area (Å²) in [4.78, 5) is 30.9. The second-order valence-electron chi connectivity index (χ2n) is 10.9. The SMILES string of the molecule is CC(CC[C@H]1CCN(C(=O)c2ccccc2)C1)c1nc(N2CCOCC2)cc(-n2c(C(F)F)nc3ccccc32)n1. The largest absolute Gasteiger partial charge is 0.378 e. The molecule has 2 fully saturated rings.